The van der Waals surface area contributed by atoms with Crippen LogP contribution in [0.3, 0.4) is 0 Å². The van der Waals surface area contributed by atoms with Gasteiger partial charge in [-0.1, -0.05) is 24.8 Å². The smallest absolute Gasteiger partial charge is 0.161 e. The Labute approximate surface area is 118 Å². The predicted molar refractivity (Wildman–Crippen MR) is 80.3 cm³/mol. The second-order valence-electron chi connectivity index (χ2n) is 4.60. The van der Waals surface area contributed by atoms with E-state index in [0.717, 1.165) is 41.1 Å². The van der Waals surface area contributed by atoms with Crippen LogP contribution in [-0.2, 0) is 6.54 Å². The van der Waals surface area contributed by atoms with Gasteiger partial charge in [-0.2, -0.15) is 0 Å². The van der Waals surface area contributed by atoms with Gasteiger partial charge in [0.15, 0.2) is 16.7 Å². The molecule has 0 amide bonds. The zero-order valence-corrected chi connectivity index (χ0v) is 12.4. The van der Waals surface area contributed by atoms with Crippen molar-refractivity contribution in [1.82, 2.24) is 5.32 Å². The number of thioether (sulfide) groups is 1. The van der Waals surface area contributed by atoms with Crippen molar-refractivity contribution < 1.29 is 9.47 Å². The third-order valence-electron chi connectivity index (χ3n) is 2.94. The molecule has 0 aromatic heterocycles. The van der Waals surface area contributed by atoms with E-state index in [-0.39, 0.29) is 0 Å². The van der Waals surface area contributed by atoms with Gasteiger partial charge < -0.3 is 14.8 Å². The van der Waals surface area contributed by atoms with Gasteiger partial charge >= 0.3 is 0 Å². The molecule has 1 N–H and O–H groups in total. The van der Waals surface area contributed by atoms with Crippen molar-refractivity contribution in [2.75, 3.05) is 26.5 Å². The number of ether oxygens (including phenoxy) is 2. The molecule has 1 aliphatic heterocycles. The van der Waals surface area contributed by atoms with Gasteiger partial charge in [-0.15, -0.1) is 0 Å². The molecule has 5 heteroatoms. The van der Waals surface area contributed by atoms with Gasteiger partial charge in [-0.3, -0.25) is 4.99 Å². The molecular weight excluding hydrogens is 260 g/mol. The molecule has 0 aliphatic carbocycles. The summed E-state index contributed by atoms with van der Waals surface area (Å²) in [6, 6.07) is 5.95. The molecule has 1 aromatic carbocycles. The van der Waals surface area contributed by atoms with Crippen LogP contribution in [0.5, 0.6) is 11.5 Å². The Hall–Kier alpha value is -1.36. The topological polar surface area (TPSA) is 42.8 Å². The summed E-state index contributed by atoms with van der Waals surface area (Å²) in [6.07, 6.45) is 0. The van der Waals surface area contributed by atoms with Gasteiger partial charge in [0, 0.05) is 18.8 Å². The van der Waals surface area contributed by atoms with Crippen LogP contribution in [0.25, 0.3) is 0 Å². The van der Waals surface area contributed by atoms with E-state index in [1.54, 1.807) is 26.0 Å². The monoisotopic (exact) mass is 280 g/mol. The summed E-state index contributed by atoms with van der Waals surface area (Å²) >= 11 is 1.79. The maximum atomic E-state index is 5.29. The highest BCUT2D eigenvalue weighted by atomic mass is 32.2. The van der Waals surface area contributed by atoms with Crippen molar-refractivity contribution in [3.8, 4) is 11.5 Å². The molecule has 0 spiro atoms. The van der Waals surface area contributed by atoms with Gasteiger partial charge in [0.2, 0.25) is 0 Å². The van der Waals surface area contributed by atoms with Gasteiger partial charge in [0.25, 0.3) is 0 Å². The molecule has 1 aromatic rings. The van der Waals surface area contributed by atoms with Crippen LogP contribution in [0.2, 0.25) is 0 Å². The van der Waals surface area contributed by atoms with E-state index >= 15 is 0 Å². The highest BCUT2D eigenvalue weighted by Gasteiger charge is 2.12. The zero-order valence-electron chi connectivity index (χ0n) is 11.6. The highest BCUT2D eigenvalue weighted by molar-refractivity contribution is 8.13. The fourth-order valence-corrected chi connectivity index (χ4v) is 2.72. The summed E-state index contributed by atoms with van der Waals surface area (Å²) < 4.78 is 10.5. The molecule has 0 bridgehead atoms. The Morgan fingerprint density at radius 1 is 1.32 bits per heavy atom. The molecule has 1 aliphatic rings. The predicted octanol–water partition coefficient (Wildman–Crippen LogP) is 2.53. The minimum atomic E-state index is 0.677. The standard InChI is InChI=1S/C14H20N2O2S/c1-10-7-15-14(19-9-10)16-8-11-4-5-12(17-2)13(6-11)18-3/h4-6,10H,7-9H2,1-3H3,(H,15,16). The molecular formula is C14H20N2O2S. The first-order valence-corrected chi connectivity index (χ1v) is 7.33. The number of amidine groups is 1. The number of aliphatic imine (C=N–C) groups is 1. The van der Waals surface area contributed by atoms with Crippen LogP contribution in [0.15, 0.2) is 23.2 Å². The molecule has 19 heavy (non-hydrogen) atoms. The first-order chi connectivity index (χ1) is 9.22. The highest BCUT2D eigenvalue weighted by Crippen LogP contribution is 2.27. The minimum absolute atomic E-state index is 0.677. The van der Waals surface area contributed by atoms with Crippen molar-refractivity contribution in [1.29, 1.82) is 0 Å². The van der Waals surface area contributed by atoms with E-state index in [1.165, 1.54) is 0 Å². The number of hydrogen-bond acceptors (Lipinski definition) is 5. The maximum absolute atomic E-state index is 5.29. The zero-order chi connectivity index (χ0) is 13.7. The van der Waals surface area contributed by atoms with Crippen molar-refractivity contribution in [2.45, 2.75) is 13.5 Å². The minimum Gasteiger partial charge on any atom is -0.493 e. The molecule has 1 unspecified atom stereocenters. The molecule has 1 heterocycles. The summed E-state index contributed by atoms with van der Waals surface area (Å²) in [5.41, 5.74) is 1.15. The lowest BCUT2D eigenvalue weighted by molar-refractivity contribution is 0.354. The van der Waals surface area contributed by atoms with Gasteiger partial charge in [-0.25, -0.2) is 0 Å². The first-order valence-electron chi connectivity index (χ1n) is 6.35. The molecule has 1 atom stereocenters. The Balaban J connectivity index is 1.96. The number of nitrogens with zero attached hydrogens (tertiary/aromatic N) is 1. The van der Waals surface area contributed by atoms with E-state index in [1.807, 2.05) is 18.2 Å². The fourth-order valence-electron chi connectivity index (χ4n) is 1.83. The molecule has 4 nitrogen and oxygen atoms in total. The van der Waals surface area contributed by atoms with E-state index in [2.05, 4.69) is 17.2 Å². The van der Waals surface area contributed by atoms with E-state index < -0.39 is 0 Å². The Morgan fingerprint density at radius 3 is 2.74 bits per heavy atom. The number of nitrogens with one attached hydrogen (secondary N) is 1. The molecule has 0 saturated carbocycles. The number of methoxy groups -OCH3 is 2. The molecule has 2 rings (SSSR count). The van der Waals surface area contributed by atoms with Gasteiger partial charge in [0.05, 0.1) is 14.2 Å². The van der Waals surface area contributed by atoms with Crippen LogP contribution in [0.4, 0.5) is 0 Å². The summed E-state index contributed by atoms with van der Waals surface area (Å²) in [6.45, 7) is 3.89. The number of rotatable bonds is 4. The number of benzene rings is 1. The first kappa shape index (κ1) is 14.1. The second kappa shape index (κ2) is 6.70. The molecule has 0 saturated heterocycles. The van der Waals surface area contributed by atoms with E-state index in [4.69, 9.17) is 9.47 Å². The van der Waals surface area contributed by atoms with Crippen molar-refractivity contribution in [2.24, 2.45) is 10.9 Å². The van der Waals surface area contributed by atoms with Gasteiger partial charge in [-0.05, 0) is 23.6 Å². The van der Waals surface area contributed by atoms with Crippen molar-refractivity contribution >= 4 is 16.9 Å². The molecule has 0 fully saturated rings. The summed E-state index contributed by atoms with van der Waals surface area (Å²) in [7, 11) is 3.29. The lowest BCUT2D eigenvalue weighted by Crippen LogP contribution is -2.25. The average Bonchev–Trinajstić information content (AvgIpc) is 2.46. The third kappa shape index (κ3) is 3.80. The third-order valence-corrected chi connectivity index (χ3v) is 4.23. The summed E-state index contributed by atoms with van der Waals surface area (Å²) in [4.78, 5) is 4.51. The molecule has 104 valence electrons. The number of hydrogen-bond donors (Lipinski definition) is 1. The Morgan fingerprint density at radius 2 is 2.11 bits per heavy atom. The van der Waals surface area contributed by atoms with Crippen LogP contribution in [0.1, 0.15) is 12.5 Å². The lowest BCUT2D eigenvalue weighted by atomic mass is 10.2. The van der Waals surface area contributed by atoms with Crippen LogP contribution in [0, 0.1) is 5.92 Å². The second-order valence-corrected chi connectivity index (χ2v) is 5.61. The SMILES string of the molecule is COc1ccc(CNC2=NCC(C)CS2)cc1OC. The van der Waals surface area contributed by atoms with Crippen LogP contribution < -0.4 is 14.8 Å². The van der Waals surface area contributed by atoms with Gasteiger partial charge in [0.1, 0.15) is 0 Å². The largest absolute Gasteiger partial charge is 0.493 e. The summed E-state index contributed by atoms with van der Waals surface area (Å²) in [5.74, 6) is 3.33. The van der Waals surface area contributed by atoms with Crippen LogP contribution >= 0.6 is 11.8 Å². The lowest BCUT2D eigenvalue weighted by Gasteiger charge is -2.18. The van der Waals surface area contributed by atoms with Crippen molar-refractivity contribution in [3.05, 3.63) is 23.8 Å². The van der Waals surface area contributed by atoms with E-state index in [9.17, 15) is 0 Å². The fraction of sp³-hybridized carbons (Fsp3) is 0.500. The maximum Gasteiger partial charge on any atom is 0.161 e. The quantitative estimate of drug-likeness (QED) is 0.920. The van der Waals surface area contributed by atoms with E-state index in [0.29, 0.717) is 5.92 Å². The average molecular weight is 280 g/mol. The normalized spacial score (nSPS) is 18.7. The van der Waals surface area contributed by atoms with Crippen LogP contribution in [-0.4, -0.2) is 31.7 Å². The Kier molecular flexibility index (Phi) is 4.96. The summed E-state index contributed by atoms with van der Waals surface area (Å²) in [5, 5.41) is 4.40. The van der Waals surface area contributed by atoms with Crippen molar-refractivity contribution in [3.63, 3.8) is 0 Å². The molecule has 0 radical (unpaired) electrons. The Bertz CT molecular complexity index is 463.